The molecular formula is C28H36ClFN8O2S2. The SMILES string of the molecule is CCC(c1cccc(-c2nc(C(C)(C)C)sc2-c2ccnc(Nc3cnn(C4CCNCC4)c3)n2)c1F)S(N)(=O)=O.Cl. The fourth-order valence-corrected chi connectivity index (χ4v) is 7.06. The Kier molecular flexibility index (Phi) is 9.68. The zero-order valence-corrected chi connectivity index (χ0v) is 26.4. The molecule has 0 spiro atoms. The standard InChI is InChI=1S/C28H35FN8O2S2.ClH/c1-5-22(41(30,38)39)19-7-6-8-20(23(19)29)24-25(40-26(36-24)28(2,3)4)21-11-14-32-27(35-21)34-17-15-33-37(16-17)18-9-12-31-13-10-18;/h6-8,11,14-16,18,22,31H,5,9-10,12-13H2,1-4H3,(H2,30,38,39)(H,32,34,35);1H. The van der Waals surface area contributed by atoms with E-state index < -0.39 is 21.1 Å². The average Bonchev–Trinajstić information content (AvgIpc) is 3.58. The summed E-state index contributed by atoms with van der Waals surface area (Å²) in [7, 11) is -4.01. The number of halogens is 2. The smallest absolute Gasteiger partial charge is 0.227 e. The zero-order valence-electron chi connectivity index (χ0n) is 24.0. The van der Waals surface area contributed by atoms with Crippen molar-refractivity contribution in [1.29, 1.82) is 0 Å². The van der Waals surface area contributed by atoms with Crippen LogP contribution in [0, 0.1) is 5.82 Å². The number of sulfonamides is 1. The van der Waals surface area contributed by atoms with Crippen LogP contribution >= 0.6 is 23.7 Å². The summed E-state index contributed by atoms with van der Waals surface area (Å²) in [4.78, 5) is 14.6. The van der Waals surface area contributed by atoms with Crippen LogP contribution in [0.3, 0.4) is 0 Å². The second kappa shape index (κ2) is 12.7. The molecule has 1 aliphatic rings. The van der Waals surface area contributed by atoms with Crippen molar-refractivity contribution in [2.45, 2.75) is 63.7 Å². The number of primary sulfonamides is 1. The van der Waals surface area contributed by atoms with Crippen molar-refractivity contribution < 1.29 is 12.8 Å². The molecule has 0 saturated carbocycles. The summed E-state index contributed by atoms with van der Waals surface area (Å²) >= 11 is 1.43. The fourth-order valence-electron chi connectivity index (χ4n) is 4.96. The third-order valence-electron chi connectivity index (χ3n) is 7.10. The number of benzene rings is 1. The van der Waals surface area contributed by atoms with Gasteiger partial charge in [-0.25, -0.2) is 32.9 Å². The van der Waals surface area contributed by atoms with Crippen molar-refractivity contribution in [3.05, 3.63) is 59.2 Å². The predicted octanol–water partition coefficient (Wildman–Crippen LogP) is 5.73. The first-order valence-corrected chi connectivity index (χ1v) is 16.0. The van der Waals surface area contributed by atoms with E-state index in [0.29, 0.717) is 28.3 Å². The predicted molar refractivity (Wildman–Crippen MR) is 167 cm³/mol. The van der Waals surface area contributed by atoms with Gasteiger partial charge in [0.05, 0.1) is 39.2 Å². The molecule has 10 nitrogen and oxygen atoms in total. The molecular weight excluding hydrogens is 599 g/mol. The van der Waals surface area contributed by atoms with Crippen LogP contribution in [0.25, 0.3) is 21.8 Å². The van der Waals surface area contributed by atoms with E-state index in [4.69, 9.17) is 15.1 Å². The zero-order chi connectivity index (χ0) is 29.4. The number of nitrogens with zero attached hydrogens (tertiary/aromatic N) is 5. The van der Waals surface area contributed by atoms with Gasteiger partial charge in [-0.3, -0.25) is 4.68 Å². The van der Waals surface area contributed by atoms with E-state index in [2.05, 4.69) is 20.7 Å². The number of rotatable bonds is 8. The van der Waals surface area contributed by atoms with E-state index in [0.717, 1.165) is 36.6 Å². The fraction of sp³-hybridized carbons (Fsp3) is 0.429. The highest BCUT2D eigenvalue weighted by molar-refractivity contribution is 7.89. The molecule has 0 aliphatic carbocycles. The van der Waals surface area contributed by atoms with Gasteiger partial charge in [-0.1, -0.05) is 39.8 Å². The van der Waals surface area contributed by atoms with Crippen LogP contribution in [-0.4, -0.2) is 46.2 Å². The molecule has 42 heavy (non-hydrogen) atoms. The first-order chi connectivity index (χ1) is 19.5. The third kappa shape index (κ3) is 6.81. The van der Waals surface area contributed by atoms with Crippen LogP contribution in [0.5, 0.6) is 0 Å². The van der Waals surface area contributed by atoms with Gasteiger partial charge in [-0.2, -0.15) is 5.10 Å². The van der Waals surface area contributed by atoms with Crippen molar-refractivity contribution in [2.75, 3.05) is 18.4 Å². The van der Waals surface area contributed by atoms with E-state index in [1.165, 1.54) is 17.4 Å². The van der Waals surface area contributed by atoms with Gasteiger partial charge >= 0.3 is 0 Å². The number of nitrogens with one attached hydrogen (secondary N) is 2. The Balaban J connectivity index is 0.00000405. The highest BCUT2D eigenvalue weighted by atomic mass is 35.5. The maximum atomic E-state index is 16.0. The average molecular weight is 635 g/mol. The van der Waals surface area contributed by atoms with Gasteiger partial charge in [-0.05, 0) is 44.5 Å². The number of hydrogen-bond acceptors (Lipinski definition) is 9. The number of nitrogens with two attached hydrogens (primary N) is 1. The molecule has 4 aromatic rings. The monoisotopic (exact) mass is 634 g/mol. The molecule has 1 saturated heterocycles. The Hall–Kier alpha value is -2.97. The van der Waals surface area contributed by atoms with Crippen molar-refractivity contribution in [2.24, 2.45) is 5.14 Å². The van der Waals surface area contributed by atoms with Gasteiger partial charge in [0.25, 0.3) is 0 Å². The number of hydrogen-bond donors (Lipinski definition) is 3. The lowest BCUT2D eigenvalue weighted by atomic mass is 9.98. The van der Waals surface area contributed by atoms with Crippen molar-refractivity contribution in [3.8, 4) is 21.8 Å². The Labute approximate surface area is 255 Å². The topological polar surface area (TPSA) is 141 Å². The summed E-state index contributed by atoms with van der Waals surface area (Å²) in [6.07, 6.45) is 7.54. The van der Waals surface area contributed by atoms with Crippen LogP contribution in [0.2, 0.25) is 0 Å². The Morgan fingerprint density at radius 1 is 1.21 bits per heavy atom. The van der Waals surface area contributed by atoms with Crippen LogP contribution in [0.4, 0.5) is 16.0 Å². The summed E-state index contributed by atoms with van der Waals surface area (Å²) in [5, 5.41) is 16.2. The Morgan fingerprint density at radius 2 is 1.95 bits per heavy atom. The molecule has 1 aromatic carbocycles. The van der Waals surface area contributed by atoms with Crippen LogP contribution in [0.1, 0.15) is 68.8 Å². The van der Waals surface area contributed by atoms with Gasteiger partial charge in [0.15, 0.2) is 0 Å². The van der Waals surface area contributed by atoms with Gasteiger partial charge in [-0.15, -0.1) is 23.7 Å². The van der Waals surface area contributed by atoms with E-state index >= 15 is 4.39 Å². The highest BCUT2D eigenvalue weighted by Crippen LogP contribution is 2.42. The van der Waals surface area contributed by atoms with Crippen LogP contribution in [0.15, 0.2) is 42.9 Å². The minimum absolute atomic E-state index is 0. The second-order valence-corrected chi connectivity index (χ2v) is 14.0. The highest BCUT2D eigenvalue weighted by Gasteiger charge is 2.30. The third-order valence-corrected chi connectivity index (χ3v) is 9.98. The van der Waals surface area contributed by atoms with Crippen molar-refractivity contribution >= 4 is 45.4 Å². The molecule has 3 aromatic heterocycles. The molecule has 14 heteroatoms. The van der Waals surface area contributed by atoms with E-state index in [1.54, 1.807) is 37.5 Å². The van der Waals surface area contributed by atoms with Gasteiger partial charge in [0, 0.05) is 28.9 Å². The maximum Gasteiger partial charge on any atom is 0.227 e. The number of thiazole rings is 1. The molecule has 4 N–H and O–H groups in total. The van der Waals surface area contributed by atoms with Crippen LogP contribution < -0.4 is 15.8 Å². The molecule has 0 amide bonds. The largest absolute Gasteiger partial charge is 0.321 e. The van der Waals surface area contributed by atoms with Gasteiger partial charge in [0.1, 0.15) is 11.1 Å². The number of aromatic nitrogens is 5. The minimum Gasteiger partial charge on any atom is -0.321 e. The Morgan fingerprint density at radius 3 is 2.62 bits per heavy atom. The quantitative estimate of drug-likeness (QED) is 0.223. The molecule has 1 aliphatic heterocycles. The molecule has 1 unspecified atom stereocenters. The van der Waals surface area contributed by atoms with Crippen LogP contribution in [-0.2, 0) is 15.4 Å². The molecule has 0 bridgehead atoms. The summed E-state index contributed by atoms with van der Waals surface area (Å²) in [6.45, 7) is 9.71. The molecule has 226 valence electrons. The van der Waals surface area contributed by atoms with E-state index in [1.807, 2.05) is 31.6 Å². The lowest BCUT2D eigenvalue weighted by Crippen LogP contribution is -2.29. The molecule has 0 radical (unpaired) electrons. The molecule has 4 heterocycles. The summed E-state index contributed by atoms with van der Waals surface area (Å²) < 4.78 is 42.5. The Bertz CT molecular complexity index is 1650. The molecule has 5 rings (SSSR count). The minimum atomic E-state index is -4.01. The van der Waals surface area contributed by atoms with Crippen molar-refractivity contribution in [1.82, 2.24) is 30.0 Å². The summed E-state index contributed by atoms with van der Waals surface area (Å²) in [6, 6.07) is 6.81. The van der Waals surface area contributed by atoms with Gasteiger partial charge in [0.2, 0.25) is 16.0 Å². The molecule has 1 fully saturated rings. The summed E-state index contributed by atoms with van der Waals surface area (Å²) in [5.74, 6) is -0.281. The van der Waals surface area contributed by atoms with E-state index in [-0.39, 0.29) is 35.4 Å². The lowest BCUT2D eigenvalue weighted by molar-refractivity contribution is 0.343. The van der Waals surface area contributed by atoms with E-state index in [9.17, 15) is 8.42 Å². The number of anilines is 2. The normalized spacial score (nSPS) is 15.3. The second-order valence-electron chi connectivity index (χ2n) is 11.2. The summed E-state index contributed by atoms with van der Waals surface area (Å²) in [5.41, 5.74) is 1.65. The first kappa shape index (κ1) is 32.0. The molecule has 1 atom stereocenters. The first-order valence-electron chi connectivity index (χ1n) is 13.6. The lowest BCUT2D eigenvalue weighted by Gasteiger charge is -2.22. The number of piperidine rings is 1. The van der Waals surface area contributed by atoms with Crippen molar-refractivity contribution in [3.63, 3.8) is 0 Å². The van der Waals surface area contributed by atoms with Gasteiger partial charge < -0.3 is 10.6 Å². The maximum absolute atomic E-state index is 16.0.